The molecule has 108 valence electrons. The molecule has 2 N–H and O–H groups in total. The number of nitrogens with one attached hydrogen (secondary N) is 1. The predicted octanol–water partition coefficient (Wildman–Crippen LogP) is 1.27. The number of hydrogen-bond acceptors (Lipinski definition) is 5. The Bertz CT molecular complexity index is 722. The summed E-state index contributed by atoms with van der Waals surface area (Å²) in [4.78, 5) is 11.3. The van der Waals surface area contributed by atoms with E-state index in [4.69, 9.17) is 5.11 Å². The highest BCUT2D eigenvalue weighted by Crippen LogP contribution is 2.22. The van der Waals surface area contributed by atoms with Crippen molar-refractivity contribution in [1.82, 2.24) is 14.5 Å². The lowest BCUT2D eigenvalue weighted by Crippen LogP contribution is -2.22. The summed E-state index contributed by atoms with van der Waals surface area (Å²) in [6.07, 6.45) is 2.30. The molecule has 2 heterocycles. The summed E-state index contributed by atoms with van der Waals surface area (Å²) in [5, 5.41) is 14.1. The molecule has 0 aliphatic rings. The number of sulfonamides is 1. The third-order valence-electron chi connectivity index (χ3n) is 2.33. The van der Waals surface area contributed by atoms with Gasteiger partial charge in [0.1, 0.15) is 11.4 Å². The minimum Gasteiger partial charge on any atom is -0.480 e. The summed E-state index contributed by atoms with van der Waals surface area (Å²) in [5.41, 5.74) is 0. The van der Waals surface area contributed by atoms with Crippen LogP contribution in [0.4, 0.5) is 0 Å². The van der Waals surface area contributed by atoms with Crippen LogP contribution in [0.25, 0.3) is 0 Å². The molecule has 0 aliphatic heterocycles. The quantitative estimate of drug-likeness (QED) is 0.786. The van der Waals surface area contributed by atoms with Crippen molar-refractivity contribution >= 4 is 43.3 Å². The van der Waals surface area contributed by atoms with Gasteiger partial charge in [0.2, 0.25) is 10.0 Å². The fourth-order valence-corrected chi connectivity index (χ4v) is 3.87. The van der Waals surface area contributed by atoms with Gasteiger partial charge in [-0.15, -0.1) is 11.3 Å². The molecule has 2 rings (SSSR count). The van der Waals surface area contributed by atoms with Gasteiger partial charge in [-0.05, 0) is 27.4 Å². The molecule has 0 fully saturated rings. The van der Waals surface area contributed by atoms with Crippen molar-refractivity contribution in [3.05, 3.63) is 33.2 Å². The van der Waals surface area contributed by atoms with Gasteiger partial charge in [-0.25, -0.2) is 13.1 Å². The number of carbonyl (C=O) groups is 1. The van der Waals surface area contributed by atoms with Crippen LogP contribution in [-0.4, -0.2) is 29.3 Å². The van der Waals surface area contributed by atoms with Crippen LogP contribution in [-0.2, 0) is 27.9 Å². The number of aromatic nitrogens is 2. The monoisotopic (exact) mass is 379 g/mol. The number of carboxylic acids is 1. The van der Waals surface area contributed by atoms with Crippen LogP contribution in [0.15, 0.2) is 33.2 Å². The molecule has 0 amide bonds. The molecule has 20 heavy (non-hydrogen) atoms. The van der Waals surface area contributed by atoms with Crippen LogP contribution in [0.5, 0.6) is 0 Å². The van der Waals surface area contributed by atoms with Gasteiger partial charge in [-0.2, -0.15) is 5.10 Å². The molecule has 0 atom stereocenters. The fourth-order valence-electron chi connectivity index (χ4n) is 1.40. The van der Waals surface area contributed by atoms with E-state index in [9.17, 15) is 13.2 Å². The van der Waals surface area contributed by atoms with Crippen LogP contribution >= 0.6 is 27.3 Å². The second-order valence-electron chi connectivity index (χ2n) is 3.78. The van der Waals surface area contributed by atoms with Gasteiger partial charge in [0.15, 0.2) is 0 Å². The van der Waals surface area contributed by atoms with Crippen molar-refractivity contribution in [2.45, 2.75) is 18.0 Å². The van der Waals surface area contributed by atoms with E-state index in [1.807, 2.05) is 11.4 Å². The zero-order chi connectivity index (χ0) is 14.8. The summed E-state index contributed by atoms with van der Waals surface area (Å²) in [5.74, 6) is -1.09. The SMILES string of the molecule is O=C(O)Cn1cc(S(=O)(=O)NCc2sccc2Br)cn1. The Morgan fingerprint density at radius 2 is 2.30 bits per heavy atom. The van der Waals surface area contributed by atoms with E-state index in [0.29, 0.717) is 0 Å². The smallest absolute Gasteiger partial charge is 0.325 e. The van der Waals surface area contributed by atoms with Crippen molar-refractivity contribution in [2.75, 3.05) is 0 Å². The molecule has 2 aromatic rings. The number of halogens is 1. The van der Waals surface area contributed by atoms with Gasteiger partial charge in [0.25, 0.3) is 0 Å². The molecule has 0 spiro atoms. The van der Waals surface area contributed by atoms with Crippen molar-refractivity contribution < 1.29 is 18.3 Å². The van der Waals surface area contributed by atoms with Crippen LogP contribution in [0.1, 0.15) is 4.88 Å². The van der Waals surface area contributed by atoms with Crippen LogP contribution < -0.4 is 4.72 Å². The minimum atomic E-state index is -3.71. The number of nitrogens with zero attached hydrogens (tertiary/aromatic N) is 2. The second kappa shape index (κ2) is 6.04. The Hall–Kier alpha value is -1.23. The minimum absolute atomic E-state index is 0.0635. The fraction of sp³-hybridized carbons (Fsp3) is 0.200. The summed E-state index contributed by atoms with van der Waals surface area (Å²) >= 11 is 4.74. The van der Waals surface area contributed by atoms with Crippen LogP contribution in [0.3, 0.4) is 0 Å². The van der Waals surface area contributed by atoms with Gasteiger partial charge < -0.3 is 5.11 Å². The van der Waals surface area contributed by atoms with E-state index < -0.39 is 16.0 Å². The number of aliphatic carboxylic acids is 1. The maximum atomic E-state index is 12.0. The highest BCUT2D eigenvalue weighted by Gasteiger charge is 2.17. The van der Waals surface area contributed by atoms with E-state index in [0.717, 1.165) is 20.2 Å². The van der Waals surface area contributed by atoms with Gasteiger partial charge in [-0.3, -0.25) is 9.48 Å². The number of rotatable bonds is 6. The Balaban J connectivity index is 2.08. The average Bonchev–Trinajstić information content (AvgIpc) is 2.95. The van der Waals surface area contributed by atoms with Crippen molar-refractivity contribution in [2.24, 2.45) is 0 Å². The standard InChI is InChI=1S/C10H10BrN3O4S2/c11-8-1-2-19-9(8)4-13-20(17,18)7-3-12-14(5-7)6-10(15)16/h1-3,5,13H,4,6H2,(H,15,16). The molecule has 0 bridgehead atoms. The van der Waals surface area contributed by atoms with Gasteiger partial charge >= 0.3 is 5.97 Å². The van der Waals surface area contributed by atoms with E-state index in [2.05, 4.69) is 25.8 Å². The lowest BCUT2D eigenvalue weighted by atomic mass is 10.5. The molecular formula is C10H10BrN3O4S2. The van der Waals surface area contributed by atoms with E-state index >= 15 is 0 Å². The normalized spacial score (nSPS) is 11.7. The molecule has 0 saturated heterocycles. The van der Waals surface area contributed by atoms with Crippen molar-refractivity contribution in [3.8, 4) is 0 Å². The Kier molecular flexibility index (Phi) is 4.58. The molecule has 0 radical (unpaired) electrons. The third kappa shape index (κ3) is 3.66. The summed E-state index contributed by atoms with van der Waals surface area (Å²) in [6, 6.07) is 1.83. The predicted molar refractivity (Wildman–Crippen MR) is 75.9 cm³/mol. The summed E-state index contributed by atoms with van der Waals surface area (Å²) in [7, 11) is -3.71. The first-order valence-electron chi connectivity index (χ1n) is 5.34. The summed E-state index contributed by atoms with van der Waals surface area (Å²) < 4.78 is 28.4. The van der Waals surface area contributed by atoms with Crippen LogP contribution in [0.2, 0.25) is 0 Å². The van der Waals surface area contributed by atoms with Crippen LogP contribution in [0, 0.1) is 0 Å². The molecule has 2 aromatic heterocycles. The Morgan fingerprint density at radius 1 is 1.55 bits per heavy atom. The molecule has 0 saturated carbocycles. The van der Waals surface area contributed by atoms with E-state index in [1.54, 1.807) is 0 Å². The number of carboxylic acid groups (broad SMARTS) is 1. The highest BCUT2D eigenvalue weighted by molar-refractivity contribution is 9.10. The second-order valence-corrected chi connectivity index (χ2v) is 7.41. The number of thiophene rings is 1. The third-order valence-corrected chi connectivity index (χ3v) is 5.61. The molecule has 0 aliphatic carbocycles. The van der Waals surface area contributed by atoms with Crippen molar-refractivity contribution in [3.63, 3.8) is 0 Å². The lowest BCUT2D eigenvalue weighted by Gasteiger charge is -2.03. The van der Waals surface area contributed by atoms with E-state index in [-0.39, 0.29) is 18.0 Å². The highest BCUT2D eigenvalue weighted by atomic mass is 79.9. The van der Waals surface area contributed by atoms with Crippen molar-refractivity contribution in [1.29, 1.82) is 0 Å². The molecule has 10 heteroatoms. The Labute approximate surface area is 127 Å². The molecule has 7 nitrogen and oxygen atoms in total. The first-order chi connectivity index (χ1) is 9.38. The summed E-state index contributed by atoms with van der Waals surface area (Å²) in [6.45, 7) is -0.226. The topological polar surface area (TPSA) is 101 Å². The number of hydrogen-bond donors (Lipinski definition) is 2. The van der Waals surface area contributed by atoms with Gasteiger partial charge in [0, 0.05) is 22.1 Å². The maximum Gasteiger partial charge on any atom is 0.325 e. The molecule has 0 unspecified atom stereocenters. The largest absolute Gasteiger partial charge is 0.480 e. The molecule has 0 aromatic carbocycles. The average molecular weight is 380 g/mol. The zero-order valence-electron chi connectivity index (χ0n) is 9.98. The van der Waals surface area contributed by atoms with Gasteiger partial charge in [-0.1, -0.05) is 0 Å². The first-order valence-corrected chi connectivity index (χ1v) is 8.50. The molecular weight excluding hydrogens is 370 g/mol. The van der Waals surface area contributed by atoms with Gasteiger partial charge in [0.05, 0.1) is 6.20 Å². The zero-order valence-corrected chi connectivity index (χ0v) is 13.2. The lowest BCUT2D eigenvalue weighted by molar-refractivity contribution is -0.137. The maximum absolute atomic E-state index is 12.0. The van der Waals surface area contributed by atoms with E-state index in [1.165, 1.54) is 17.5 Å². The first kappa shape index (κ1) is 15.2. The Morgan fingerprint density at radius 3 is 2.90 bits per heavy atom.